The Labute approximate surface area is 83.4 Å². The molecule has 1 nitrogen and oxygen atoms in total. The lowest BCUT2D eigenvalue weighted by Gasteiger charge is -2.15. The SMILES string of the molecule is C=C(CC(C)CC)CC(C)CCN. The number of hydrogen-bond donors (Lipinski definition) is 1. The first-order chi connectivity index (χ1) is 6.10. The highest BCUT2D eigenvalue weighted by molar-refractivity contribution is 4.96. The molecule has 0 rings (SSSR count). The minimum atomic E-state index is 0.710. The van der Waals surface area contributed by atoms with Crippen LogP contribution in [0.15, 0.2) is 12.2 Å². The third-order valence-electron chi connectivity index (χ3n) is 2.63. The van der Waals surface area contributed by atoms with Gasteiger partial charge in [-0.2, -0.15) is 0 Å². The van der Waals surface area contributed by atoms with Crippen molar-refractivity contribution >= 4 is 0 Å². The molecular weight excluding hydrogens is 158 g/mol. The molecule has 0 radical (unpaired) electrons. The normalized spacial score (nSPS) is 15.4. The van der Waals surface area contributed by atoms with Gasteiger partial charge in [0.05, 0.1) is 0 Å². The number of rotatable bonds is 7. The standard InChI is InChI=1S/C12H25N/c1-5-10(2)8-12(4)9-11(3)6-7-13/h10-11H,4-9,13H2,1-3H3. The molecule has 1 heteroatoms. The fourth-order valence-electron chi connectivity index (χ4n) is 1.60. The molecule has 0 amide bonds. The first-order valence-electron chi connectivity index (χ1n) is 5.46. The maximum atomic E-state index is 5.50. The Morgan fingerprint density at radius 1 is 1.23 bits per heavy atom. The zero-order valence-electron chi connectivity index (χ0n) is 9.47. The highest BCUT2D eigenvalue weighted by Crippen LogP contribution is 2.20. The van der Waals surface area contributed by atoms with Crippen molar-refractivity contribution < 1.29 is 0 Å². The highest BCUT2D eigenvalue weighted by atomic mass is 14.5. The predicted molar refractivity (Wildman–Crippen MR) is 60.7 cm³/mol. The van der Waals surface area contributed by atoms with Crippen molar-refractivity contribution in [3.8, 4) is 0 Å². The van der Waals surface area contributed by atoms with Crippen molar-refractivity contribution in [2.24, 2.45) is 17.6 Å². The minimum absolute atomic E-state index is 0.710. The van der Waals surface area contributed by atoms with Gasteiger partial charge in [-0.1, -0.05) is 39.3 Å². The van der Waals surface area contributed by atoms with E-state index in [2.05, 4.69) is 27.4 Å². The lowest BCUT2D eigenvalue weighted by Crippen LogP contribution is -2.07. The number of hydrogen-bond acceptors (Lipinski definition) is 1. The predicted octanol–water partition coefficient (Wildman–Crippen LogP) is 3.35. The van der Waals surface area contributed by atoms with Gasteiger partial charge < -0.3 is 5.73 Å². The molecular formula is C12H25N. The Kier molecular flexibility index (Phi) is 6.97. The van der Waals surface area contributed by atoms with E-state index in [1.165, 1.54) is 18.4 Å². The Morgan fingerprint density at radius 3 is 2.23 bits per heavy atom. The van der Waals surface area contributed by atoms with Crippen molar-refractivity contribution in [3.05, 3.63) is 12.2 Å². The topological polar surface area (TPSA) is 26.0 Å². The summed E-state index contributed by atoms with van der Waals surface area (Å²) >= 11 is 0. The molecule has 0 saturated heterocycles. The van der Waals surface area contributed by atoms with Crippen LogP contribution in [-0.2, 0) is 0 Å². The lowest BCUT2D eigenvalue weighted by atomic mass is 9.92. The monoisotopic (exact) mass is 183 g/mol. The second-order valence-electron chi connectivity index (χ2n) is 4.35. The summed E-state index contributed by atoms with van der Waals surface area (Å²) in [6.45, 7) is 11.7. The molecule has 78 valence electrons. The fraction of sp³-hybridized carbons (Fsp3) is 0.833. The molecule has 0 saturated carbocycles. The summed E-state index contributed by atoms with van der Waals surface area (Å²) in [4.78, 5) is 0. The molecule has 0 bridgehead atoms. The molecule has 0 heterocycles. The summed E-state index contributed by atoms with van der Waals surface area (Å²) in [6.07, 6.45) is 4.72. The zero-order chi connectivity index (χ0) is 10.3. The smallest absolute Gasteiger partial charge is 0.00746 e. The molecule has 2 unspecified atom stereocenters. The van der Waals surface area contributed by atoms with Crippen molar-refractivity contribution in [1.29, 1.82) is 0 Å². The summed E-state index contributed by atoms with van der Waals surface area (Å²) < 4.78 is 0. The summed E-state index contributed by atoms with van der Waals surface area (Å²) in [5.74, 6) is 1.50. The second-order valence-corrected chi connectivity index (χ2v) is 4.35. The van der Waals surface area contributed by atoms with E-state index >= 15 is 0 Å². The van der Waals surface area contributed by atoms with E-state index in [-0.39, 0.29) is 0 Å². The van der Waals surface area contributed by atoms with Crippen LogP contribution in [0.4, 0.5) is 0 Å². The third kappa shape index (κ3) is 6.83. The van der Waals surface area contributed by atoms with E-state index in [0.29, 0.717) is 5.92 Å². The summed E-state index contributed by atoms with van der Waals surface area (Å²) in [5.41, 5.74) is 6.90. The van der Waals surface area contributed by atoms with E-state index in [1.807, 2.05) is 0 Å². The summed E-state index contributed by atoms with van der Waals surface area (Å²) in [5, 5.41) is 0. The largest absolute Gasteiger partial charge is 0.330 e. The molecule has 0 aromatic rings. The lowest BCUT2D eigenvalue weighted by molar-refractivity contribution is 0.492. The van der Waals surface area contributed by atoms with Gasteiger partial charge in [-0.15, -0.1) is 0 Å². The Hall–Kier alpha value is -0.300. The molecule has 2 atom stereocenters. The van der Waals surface area contributed by atoms with E-state index in [1.54, 1.807) is 0 Å². The molecule has 0 aromatic carbocycles. The fourth-order valence-corrected chi connectivity index (χ4v) is 1.60. The highest BCUT2D eigenvalue weighted by Gasteiger charge is 2.06. The van der Waals surface area contributed by atoms with Crippen LogP contribution in [0.2, 0.25) is 0 Å². The van der Waals surface area contributed by atoms with Gasteiger partial charge >= 0.3 is 0 Å². The molecule has 2 N–H and O–H groups in total. The average molecular weight is 183 g/mol. The maximum absolute atomic E-state index is 5.50. The van der Waals surface area contributed by atoms with Crippen LogP contribution in [-0.4, -0.2) is 6.54 Å². The molecule has 0 spiro atoms. The first-order valence-corrected chi connectivity index (χ1v) is 5.46. The van der Waals surface area contributed by atoms with Crippen molar-refractivity contribution in [2.75, 3.05) is 6.54 Å². The van der Waals surface area contributed by atoms with Crippen LogP contribution in [0.5, 0.6) is 0 Å². The van der Waals surface area contributed by atoms with Crippen LogP contribution in [0.3, 0.4) is 0 Å². The van der Waals surface area contributed by atoms with Crippen LogP contribution in [0, 0.1) is 11.8 Å². The maximum Gasteiger partial charge on any atom is -0.00746 e. The van der Waals surface area contributed by atoms with Gasteiger partial charge in [0, 0.05) is 0 Å². The first kappa shape index (κ1) is 12.7. The Bertz CT molecular complexity index is 140. The Morgan fingerprint density at radius 2 is 1.77 bits per heavy atom. The molecule has 0 fully saturated rings. The zero-order valence-corrected chi connectivity index (χ0v) is 9.47. The average Bonchev–Trinajstić information content (AvgIpc) is 2.04. The number of nitrogens with two attached hydrogens (primary N) is 1. The van der Waals surface area contributed by atoms with E-state index in [0.717, 1.165) is 25.3 Å². The molecule has 0 aliphatic rings. The van der Waals surface area contributed by atoms with Gasteiger partial charge in [0.15, 0.2) is 0 Å². The van der Waals surface area contributed by atoms with Gasteiger partial charge in [-0.25, -0.2) is 0 Å². The number of allylic oxidation sites excluding steroid dienone is 1. The summed E-state index contributed by atoms with van der Waals surface area (Å²) in [6, 6.07) is 0. The van der Waals surface area contributed by atoms with Gasteiger partial charge in [-0.05, 0) is 37.6 Å². The van der Waals surface area contributed by atoms with Crippen LogP contribution < -0.4 is 5.73 Å². The van der Waals surface area contributed by atoms with Gasteiger partial charge in [0.2, 0.25) is 0 Å². The van der Waals surface area contributed by atoms with Gasteiger partial charge in [-0.3, -0.25) is 0 Å². The van der Waals surface area contributed by atoms with Crippen LogP contribution >= 0.6 is 0 Å². The van der Waals surface area contributed by atoms with Crippen LogP contribution in [0.25, 0.3) is 0 Å². The van der Waals surface area contributed by atoms with E-state index in [4.69, 9.17) is 5.73 Å². The Balaban J connectivity index is 3.61. The quantitative estimate of drug-likeness (QED) is 0.602. The molecule has 0 aliphatic carbocycles. The van der Waals surface area contributed by atoms with Gasteiger partial charge in [0.25, 0.3) is 0 Å². The second kappa shape index (κ2) is 7.14. The van der Waals surface area contributed by atoms with Crippen LogP contribution in [0.1, 0.15) is 46.5 Å². The molecule has 0 aliphatic heterocycles. The van der Waals surface area contributed by atoms with Crippen molar-refractivity contribution in [1.82, 2.24) is 0 Å². The minimum Gasteiger partial charge on any atom is -0.330 e. The van der Waals surface area contributed by atoms with E-state index in [9.17, 15) is 0 Å². The van der Waals surface area contributed by atoms with E-state index < -0.39 is 0 Å². The van der Waals surface area contributed by atoms with Crippen molar-refractivity contribution in [3.63, 3.8) is 0 Å². The molecule has 13 heavy (non-hydrogen) atoms. The third-order valence-corrected chi connectivity index (χ3v) is 2.63. The van der Waals surface area contributed by atoms with Crippen molar-refractivity contribution in [2.45, 2.75) is 46.5 Å². The molecule has 0 aromatic heterocycles. The van der Waals surface area contributed by atoms with Gasteiger partial charge in [0.1, 0.15) is 0 Å². The summed E-state index contributed by atoms with van der Waals surface area (Å²) in [7, 11) is 0.